The topological polar surface area (TPSA) is 84.3 Å². The highest BCUT2D eigenvalue weighted by molar-refractivity contribution is 5.89. The minimum atomic E-state index is -0.710. The molecule has 3 heterocycles. The molecule has 3 aromatic heterocycles. The molecule has 4 aromatic rings. The summed E-state index contributed by atoms with van der Waals surface area (Å²) in [5, 5.41) is 14.1. The molecule has 0 radical (unpaired) electrons. The highest BCUT2D eigenvalue weighted by atomic mass is 19.1. The SMILES string of the molecule is CNC(C)c1cc(F)c(-c2ncc3[nH]nc(-c4cnn(C)c4)c3n2)c(F)c1. The Morgan fingerprint density at radius 3 is 2.56 bits per heavy atom. The van der Waals surface area contributed by atoms with Gasteiger partial charge in [0.25, 0.3) is 0 Å². The van der Waals surface area contributed by atoms with Gasteiger partial charge in [-0.2, -0.15) is 10.2 Å². The van der Waals surface area contributed by atoms with Gasteiger partial charge in [-0.3, -0.25) is 9.78 Å². The lowest BCUT2D eigenvalue weighted by Gasteiger charge is -2.13. The Bertz CT molecular complexity index is 1110. The van der Waals surface area contributed by atoms with Crippen molar-refractivity contribution in [2.24, 2.45) is 7.05 Å². The molecule has 138 valence electrons. The van der Waals surface area contributed by atoms with Gasteiger partial charge in [-0.1, -0.05) is 0 Å². The largest absolute Gasteiger partial charge is 0.313 e. The average Bonchev–Trinajstić information content (AvgIpc) is 3.25. The molecule has 0 aliphatic heterocycles. The second-order valence-electron chi connectivity index (χ2n) is 6.30. The molecule has 0 aliphatic carbocycles. The Labute approximate surface area is 153 Å². The number of aromatic amines is 1. The first-order valence-corrected chi connectivity index (χ1v) is 8.34. The second kappa shape index (κ2) is 6.51. The van der Waals surface area contributed by atoms with Gasteiger partial charge in [-0.15, -0.1) is 0 Å². The number of nitrogens with zero attached hydrogens (tertiary/aromatic N) is 5. The number of H-pyrrole nitrogens is 1. The van der Waals surface area contributed by atoms with E-state index in [0.717, 1.165) is 5.56 Å². The zero-order chi connectivity index (χ0) is 19.1. The summed E-state index contributed by atoms with van der Waals surface area (Å²) in [5.74, 6) is -1.46. The van der Waals surface area contributed by atoms with Crippen LogP contribution in [-0.2, 0) is 7.05 Å². The van der Waals surface area contributed by atoms with Crippen LogP contribution in [0.2, 0.25) is 0 Å². The number of hydrogen-bond donors (Lipinski definition) is 2. The van der Waals surface area contributed by atoms with Crippen LogP contribution in [0.5, 0.6) is 0 Å². The fraction of sp³-hybridized carbons (Fsp3) is 0.222. The van der Waals surface area contributed by atoms with Gasteiger partial charge in [0.1, 0.15) is 28.4 Å². The van der Waals surface area contributed by atoms with Crippen LogP contribution in [0, 0.1) is 11.6 Å². The molecule has 4 rings (SSSR count). The average molecular weight is 369 g/mol. The van der Waals surface area contributed by atoms with Gasteiger partial charge in [0.05, 0.1) is 18.0 Å². The van der Waals surface area contributed by atoms with Crippen LogP contribution in [0.25, 0.3) is 33.7 Å². The van der Waals surface area contributed by atoms with Crippen LogP contribution in [0.4, 0.5) is 8.78 Å². The Balaban J connectivity index is 1.85. The van der Waals surface area contributed by atoms with E-state index in [0.29, 0.717) is 22.3 Å². The zero-order valence-corrected chi connectivity index (χ0v) is 15.0. The van der Waals surface area contributed by atoms with Gasteiger partial charge < -0.3 is 5.32 Å². The summed E-state index contributed by atoms with van der Waals surface area (Å²) in [6.07, 6.45) is 4.90. The zero-order valence-electron chi connectivity index (χ0n) is 15.0. The first-order valence-electron chi connectivity index (χ1n) is 8.34. The number of rotatable bonds is 4. The molecular formula is C18H17F2N7. The minimum absolute atomic E-state index is 0.0345. The summed E-state index contributed by atoms with van der Waals surface area (Å²) in [4.78, 5) is 8.48. The van der Waals surface area contributed by atoms with Crippen molar-refractivity contribution in [1.29, 1.82) is 0 Å². The Morgan fingerprint density at radius 2 is 1.93 bits per heavy atom. The van der Waals surface area contributed by atoms with Crippen LogP contribution in [0.3, 0.4) is 0 Å². The second-order valence-corrected chi connectivity index (χ2v) is 6.30. The molecule has 0 fully saturated rings. The number of aromatic nitrogens is 6. The van der Waals surface area contributed by atoms with Crippen molar-refractivity contribution in [2.75, 3.05) is 7.05 Å². The normalized spacial score (nSPS) is 12.6. The number of nitrogens with one attached hydrogen (secondary N) is 2. The first kappa shape index (κ1) is 17.2. The lowest BCUT2D eigenvalue weighted by molar-refractivity contribution is 0.570. The van der Waals surface area contributed by atoms with Gasteiger partial charge in [0, 0.05) is 24.8 Å². The fourth-order valence-electron chi connectivity index (χ4n) is 2.90. The summed E-state index contributed by atoms with van der Waals surface area (Å²) in [5.41, 5.74) is 2.58. The van der Waals surface area contributed by atoms with Crippen molar-refractivity contribution in [2.45, 2.75) is 13.0 Å². The monoisotopic (exact) mass is 369 g/mol. The lowest BCUT2D eigenvalue weighted by atomic mass is 10.0. The molecule has 0 bridgehead atoms. The Morgan fingerprint density at radius 1 is 1.19 bits per heavy atom. The van der Waals surface area contributed by atoms with Crippen LogP contribution >= 0.6 is 0 Å². The molecule has 0 aliphatic rings. The fourth-order valence-corrected chi connectivity index (χ4v) is 2.90. The van der Waals surface area contributed by atoms with Gasteiger partial charge in [-0.05, 0) is 31.7 Å². The van der Waals surface area contributed by atoms with Gasteiger partial charge >= 0.3 is 0 Å². The third-order valence-corrected chi connectivity index (χ3v) is 4.50. The Kier molecular flexibility index (Phi) is 4.15. The van der Waals surface area contributed by atoms with E-state index in [1.165, 1.54) is 18.3 Å². The maximum Gasteiger partial charge on any atom is 0.165 e. The molecule has 0 amide bonds. The van der Waals surface area contributed by atoms with E-state index in [4.69, 9.17) is 0 Å². The predicted octanol–water partition coefficient (Wildman–Crippen LogP) is 2.98. The van der Waals surface area contributed by atoms with E-state index in [2.05, 4.69) is 30.6 Å². The van der Waals surface area contributed by atoms with Crippen molar-refractivity contribution < 1.29 is 8.78 Å². The maximum atomic E-state index is 14.7. The predicted molar refractivity (Wildman–Crippen MR) is 96.7 cm³/mol. The van der Waals surface area contributed by atoms with E-state index in [9.17, 15) is 8.78 Å². The molecule has 0 saturated carbocycles. The van der Waals surface area contributed by atoms with Crippen molar-refractivity contribution in [1.82, 2.24) is 35.3 Å². The third-order valence-electron chi connectivity index (χ3n) is 4.50. The van der Waals surface area contributed by atoms with E-state index in [-0.39, 0.29) is 17.4 Å². The Hall–Kier alpha value is -3.20. The summed E-state index contributed by atoms with van der Waals surface area (Å²) < 4.78 is 31.0. The highest BCUT2D eigenvalue weighted by Crippen LogP contribution is 2.30. The van der Waals surface area contributed by atoms with Crippen molar-refractivity contribution in [3.05, 3.63) is 47.9 Å². The van der Waals surface area contributed by atoms with Crippen LogP contribution < -0.4 is 5.32 Å². The number of aryl methyl sites for hydroxylation is 1. The highest BCUT2D eigenvalue weighted by Gasteiger charge is 2.20. The summed E-state index contributed by atoms with van der Waals surface area (Å²) in [6.45, 7) is 1.82. The first-order chi connectivity index (χ1) is 13.0. The van der Waals surface area contributed by atoms with Crippen molar-refractivity contribution in [3.8, 4) is 22.6 Å². The van der Waals surface area contributed by atoms with Crippen molar-refractivity contribution in [3.63, 3.8) is 0 Å². The number of halogens is 2. The van der Waals surface area contributed by atoms with E-state index in [1.807, 2.05) is 6.92 Å². The molecular weight excluding hydrogens is 352 g/mol. The van der Waals surface area contributed by atoms with Crippen LogP contribution in [0.15, 0.2) is 30.7 Å². The quantitative estimate of drug-likeness (QED) is 0.578. The molecule has 2 N–H and O–H groups in total. The van der Waals surface area contributed by atoms with Crippen molar-refractivity contribution >= 4 is 11.0 Å². The van der Waals surface area contributed by atoms with Gasteiger partial charge in [0.15, 0.2) is 5.82 Å². The minimum Gasteiger partial charge on any atom is -0.313 e. The van der Waals surface area contributed by atoms with E-state index >= 15 is 0 Å². The van der Waals surface area contributed by atoms with E-state index in [1.54, 1.807) is 31.2 Å². The van der Waals surface area contributed by atoms with Gasteiger partial charge in [0.2, 0.25) is 0 Å². The molecule has 1 aromatic carbocycles. The molecule has 1 atom stereocenters. The lowest BCUT2D eigenvalue weighted by Crippen LogP contribution is -2.13. The third kappa shape index (κ3) is 2.95. The maximum absolute atomic E-state index is 14.7. The summed E-state index contributed by atoms with van der Waals surface area (Å²) >= 11 is 0. The molecule has 9 heteroatoms. The molecule has 1 unspecified atom stereocenters. The number of fused-ring (bicyclic) bond motifs is 1. The standard InChI is InChI=1S/C18H17F2N7/c1-9(21-2)10-4-12(19)15(13(20)5-10)18-22-7-14-17(24-18)16(26-25-14)11-6-23-27(3)8-11/h4-9,21H,1-3H3,(H,25,26). The number of benzene rings is 1. The molecule has 0 spiro atoms. The molecule has 0 saturated heterocycles. The van der Waals surface area contributed by atoms with Gasteiger partial charge in [-0.25, -0.2) is 18.7 Å². The smallest absolute Gasteiger partial charge is 0.165 e. The molecule has 27 heavy (non-hydrogen) atoms. The summed E-state index contributed by atoms with van der Waals surface area (Å²) in [6, 6.07) is 2.41. The van der Waals surface area contributed by atoms with E-state index < -0.39 is 11.6 Å². The molecule has 7 nitrogen and oxygen atoms in total. The van der Waals surface area contributed by atoms with Crippen LogP contribution in [-0.4, -0.2) is 37.0 Å². The van der Waals surface area contributed by atoms with Crippen LogP contribution in [0.1, 0.15) is 18.5 Å². The summed E-state index contributed by atoms with van der Waals surface area (Å²) in [7, 11) is 3.52. The number of hydrogen-bond acceptors (Lipinski definition) is 5.